The van der Waals surface area contributed by atoms with Crippen LogP contribution >= 0.6 is 0 Å². The summed E-state index contributed by atoms with van der Waals surface area (Å²) in [5.74, 6) is 1.53. The molecule has 3 rings (SSSR count). The number of rotatable bonds is 10. The molecule has 0 bridgehead atoms. The summed E-state index contributed by atoms with van der Waals surface area (Å²) in [5.41, 5.74) is 1.32. The van der Waals surface area contributed by atoms with Crippen LogP contribution in [0.3, 0.4) is 0 Å². The number of benzene rings is 1. The molecular weight excluding hydrogens is 412 g/mol. The van der Waals surface area contributed by atoms with Gasteiger partial charge in [-0.3, -0.25) is 0 Å². The summed E-state index contributed by atoms with van der Waals surface area (Å²) in [4.78, 5) is 0. The first-order valence-corrected chi connectivity index (χ1v) is 13.6. The molecule has 0 radical (unpaired) electrons. The van der Waals surface area contributed by atoms with Crippen molar-refractivity contribution in [3.05, 3.63) is 29.8 Å². The lowest BCUT2D eigenvalue weighted by Crippen LogP contribution is -2.56. The normalized spacial score (nSPS) is 28.2. The third-order valence-corrected chi connectivity index (χ3v) is 8.87. The van der Waals surface area contributed by atoms with E-state index in [0.29, 0.717) is 25.6 Å². The van der Waals surface area contributed by atoms with Crippen molar-refractivity contribution in [2.45, 2.75) is 95.1 Å². The highest BCUT2D eigenvalue weighted by molar-refractivity contribution is 7.90. The first kappa shape index (κ1) is 24.5. The highest BCUT2D eigenvalue weighted by Crippen LogP contribution is 2.38. The molecule has 7 heteroatoms. The van der Waals surface area contributed by atoms with Crippen LogP contribution in [0.5, 0.6) is 5.75 Å². The number of hydrogen-bond acceptors (Lipinski definition) is 5. The lowest BCUT2D eigenvalue weighted by molar-refractivity contribution is 0.00508. The van der Waals surface area contributed by atoms with Gasteiger partial charge in [-0.1, -0.05) is 25.1 Å². The van der Waals surface area contributed by atoms with Crippen molar-refractivity contribution in [2.75, 3.05) is 19.8 Å². The number of ether oxygens (including phenoxy) is 2. The van der Waals surface area contributed by atoms with Crippen LogP contribution in [0.15, 0.2) is 24.3 Å². The van der Waals surface area contributed by atoms with Gasteiger partial charge in [0.15, 0.2) is 0 Å². The van der Waals surface area contributed by atoms with Gasteiger partial charge >= 0.3 is 0 Å². The lowest BCUT2D eigenvalue weighted by atomic mass is 9.82. The third kappa shape index (κ3) is 6.67. The largest absolute Gasteiger partial charge is 0.494 e. The molecule has 1 aromatic rings. The standard InChI is InChI=1S/C24H40N2O4S/c1-4-18(3)31(27,28)26-22-10-8-16-25-23(22)17-30-20-14-12-19(13-15-20)21-9-6-7-11-24(21)29-5-2/h6-7,9,11,18-20,22-23,25-26H,4-5,8,10,12-17H2,1-3H3/t18-,19-,20+,22+,23+/m1/s1. The topological polar surface area (TPSA) is 76.7 Å². The molecule has 1 heterocycles. The summed E-state index contributed by atoms with van der Waals surface area (Å²) in [5, 5.41) is 3.11. The Hall–Kier alpha value is -1.15. The first-order valence-electron chi connectivity index (χ1n) is 12.0. The summed E-state index contributed by atoms with van der Waals surface area (Å²) in [6.07, 6.45) is 6.94. The molecule has 2 aliphatic rings. The van der Waals surface area contributed by atoms with Crippen LogP contribution < -0.4 is 14.8 Å². The third-order valence-electron chi connectivity index (χ3n) is 6.85. The van der Waals surface area contributed by atoms with Crippen molar-refractivity contribution in [1.29, 1.82) is 0 Å². The summed E-state index contributed by atoms with van der Waals surface area (Å²) in [7, 11) is -3.29. The number of hydrogen-bond donors (Lipinski definition) is 2. The van der Waals surface area contributed by atoms with Crippen molar-refractivity contribution in [1.82, 2.24) is 10.0 Å². The summed E-state index contributed by atoms with van der Waals surface area (Å²) >= 11 is 0. The second-order valence-electron chi connectivity index (χ2n) is 8.97. The second-order valence-corrected chi connectivity index (χ2v) is 11.1. The van der Waals surface area contributed by atoms with Crippen molar-refractivity contribution in [3.63, 3.8) is 0 Å². The smallest absolute Gasteiger partial charge is 0.214 e. The molecule has 2 N–H and O–H groups in total. The zero-order valence-corrected chi connectivity index (χ0v) is 20.1. The van der Waals surface area contributed by atoms with Crippen molar-refractivity contribution in [2.24, 2.45) is 0 Å². The van der Waals surface area contributed by atoms with Gasteiger partial charge in [0.25, 0.3) is 0 Å². The van der Waals surface area contributed by atoms with Gasteiger partial charge < -0.3 is 14.8 Å². The van der Waals surface area contributed by atoms with E-state index in [2.05, 4.69) is 28.2 Å². The predicted molar refractivity (Wildman–Crippen MR) is 125 cm³/mol. The van der Waals surface area contributed by atoms with Crippen LogP contribution in [0.2, 0.25) is 0 Å². The molecule has 3 atom stereocenters. The molecule has 1 saturated carbocycles. The maximum Gasteiger partial charge on any atom is 0.214 e. The highest BCUT2D eigenvalue weighted by Gasteiger charge is 2.32. The van der Waals surface area contributed by atoms with Gasteiger partial charge in [0, 0.05) is 12.1 Å². The highest BCUT2D eigenvalue weighted by atomic mass is 32.2. The number of piperidine rings is 1. The monoisotopic (exact) mass is 452 g/mol. The number of sulfonamides is 1. The minimum atomic E-state index is -3.29. The Labute approximate surface area is 188 Å². The fraction of sp³-hybridized carbons (Fsp3) is 0.750. The molecule has 1 aromatic carbocycles. The molecule has 0 unspecified atom stereocenters. The molecule has 176 valence electrons. The summed E-state index contributed by atoms with van der Waals surface area (Å²) in [6, 6.07) is 8.32. The predicted octanol–water partition coefficient (Wildman–Crippen LogP) is 3.97. The van der Waals surface area contributed by atoms with E-state index in [1.165, 1.54) is 5.56 Å². The van der Waals surface area contributed by atoms with Crippen LogP contribution in [-0.4, -0.2) is 51.6 Å². The van der Waals surface area contributed by atoms with Crippen LogP contribution in [0, 0.1) is 0 Å². The Balaban J connectivity index is 1.50. The van der Waals surface area contributed by atoms with E-state index in [-0.39, 0.29) is 23.4 Å². The molecule has 1 aliphatic heterocycles. The Morgan fingerprint density at radius 2 is 1.87 bits per heavy atom. The van der Waals surface area contributed by atoms with E-state index in [9.17, 15) is 8.42 Å². The number of para-hydroxylation sites is 1. The van der Waals surface area contributed by atoms with Crippen molar-refractivity contribution < 1.29 is 17.9 Å². The summed E-state index contributed by atoms with van der Waals surface area (Å²) < 4.78 is 40.1. The Morgan fingerprint density at radius 3 is 2.58 bits per heavy atom. The SMILES string of the molecule is CCOc1ccccc1[C@H]1CC[C@@H](OC[C@@H]2NCCC[C@@H]2NS(=O)(=O)[C@H](C)CC)CC1. The maximum atomic E-state index is 12.5. The van der Waals surface area contributed by atoms with Gasteiger partial charge in [0.05, 0.1) is 24.6 Å². The van der Waals surface area contributed by atoms with E-state index in [0.717, 1.165) is 50.8 Å². The fourth-order valence-corrected chi connectivity index (χ4v) is 6.08. The van der Waals surface area contributed by atoms with Crippen molar-refractivity contribution in [3.8, 4) is 5.75 Å². The van der Waals surface area contributed by atoms with Crippen LogP contribution in [0.1, 0.15) is 77.2 Å². The second kappa shape index (κ2) is 11.6. The number of nitrogens with one attached hydrogen (secondary N) is 2. The van der Waals surface area contributed by atoms with E-state index in [4.69, 9.17) is 9.47 Å². The van der Waals surface area contributed by atoms with E-state index >= 15 is 0 Å². The van der Waals surface area contributed by atoms with Crippen LogP contribution in [-0.2, 0) is 14.8 Å². The molecule has 0 amide bonds. The van der Waals surface area contributed by atoms with Crippen LogP contribution in [0.25, 0.3) is 0 Å². The molecule has 1 saturated heterocycles. The molecule has 31 heavy (non-hydrogen) atoms. The molecule has 0 aromatic heterocycles. The minimum absolute atomic E-state index is 0.0315. The van der Waals surface area contributed by atoms with E-state index in [1.54, 1.807) is 6.92 Å². The van der Waals surface area contributed by atoms with Crippen LogP contribution in [0.4, 0.5) is 0 Å². The fourth-order valence-electron chi connectivity index (χ4n) is 4.70. The average molecular weight is 453 g/mol. The molecule has 0 spiro atoms. The zero-order valence-electron chi connectivity index (χ0n) is 19.3. The Morgan fingerprint density at radius 1 is 1.13 bits per heavy atom. The van der Waals surface area contributed by atoms with Gasteiger partial charge in [0.2, 0.25) is 10.0 Å². The Kier molecular flexibility index (Phi) is 9.19. The van der Waals surface area contributed by atoms with Gasteiger partial charge in [-0.05, 0) is 82.9 Å². The molecule has 1 aliphatic carbocycles. The van der Waals surface area contributed by atoms with E-state index in [1.807, 2.05) is 19.9 Å². The molecule has 6 nitrogen and oxygen atoms in total. The summed E-state index contributed by atoms with van der Waals surface area (Å²) in [6.45, 7) is 7.86. The van der Waals surface area contributed by atoms with Gasteiger partial charge in [-0.2, -0.15) is 0 Å². The van der Waals surface area contributed by atoms with E-state index < -0.39 is 10.0 Å². The molecule has 2 fully saturated rings. The lowest BCUT2D eigenvalue weighted by Gasteiger charge is -2.36. The maximum absolute atomic E-state index is 12.5. The van der Waals surface area contributed by atoms with Gasteiger partial charge in [-0.15, -0.1) is 0 Å². The average Bonchev–Trinajstić information content (AvgIpc) is 2.78. The minimum Gasteiger partial charge on any atom is -0.494 e. The van der Waals surface area contributed by atoms with Gasteiger partial charge in [0.1, 0.15) is 5.75 Å². The molecular formula is C24H40N2O4S. The Bertz CT molecular complexity index is 778. The quantitative estimate of drug-likeness (QED) is 0.562. The van der Waals surface area contributed by atoms with Gasteiger partial charge in [-0.25, -0.2) is 13.1 Å². The van der Waals surface area contributed by atoms with Crippen molar-refractivity contribution >= 4 is 10.0 Å². The first-order chi connectivity index (χ1) is 14.9. The zero-order chi connectivity index (χ0) is 22.3.